The van der Waals surface area contributed by atoms with Gasteiger partial charge in [0.2, 0.25) is 0 Å². The first-order valence-corrected chi connectivity index (χ1v) is 9.60. The zero-order chi connectivity index (χ0) is 18.9. The number of hydrogen-bond acceptors (Lipinski definition) is 7. The van der Waals surface area contributed by atoms with E-state index in [9.17, 15) is 18.0 Å². The van der Waals surface area contributed by atoms with Crippen LogP contribution < -0.4 is 0 Å². The normalized spacial score (nSPS) is 12.6. The van der Waals surface area contributed by atoms with E-state index >= 15 is 0 Å². The topological polar surface area (TPSA) is 90.0 Å². The molecule has 0 aliphatic heterocycles. The lowest BCUT2D eigenvalue weighted by atomic mass is 9.98. The molecule has 0 aliphatic carbocycles. The standard InChI is InChI=1S/C14H20ClNO6S2/c1-13(2,3)11(17)22-16(12(18)21-14(4,5)6)24(19,20)10-9(15)7-8-23-10/h7-8H,1-6H3. The highest BCUT2D eigenvalue weighted by molar-refractivity contribution is 7.91. The Labute approximate surface area is 150 Å². The highest BCUT2D eigenvalue weighted by atomic mass is 35.5. The van der Waals surface area contributed by atoms with Crippen molar-refractivity contribution >= 4 is 45.0 Å². The molecule has 0 aromatic carbocycles. The molecular weight excluding hydrogens is 378 g/mol. The molecule has 136 valence electrons. The Bertz CT molecular complexity index is 727. The third kappa shape index (κ3) is 5.09. The van der Waals surface area contributed by atoms with Gasteiger partial charge in [0.15, 0.2) is 4.21 Å². The first-order chi connectivity index (χ1) is 10.7. The van der Waals surface area contributed by atoms with Crippen molar-refractivity contribution in [3.63, 3.8) is 0 Å². The van der Waals surface area contributed by atoms with Gasteiger partial charge in [0.05, 0.1) is 10.4 Å². The van der Waals surface area contributed by atoms with Crippen LogP contribution in [0, 0.1) is 5.41 Å². The number of carbonyl (C=O) groups is 2. The molecule has 0 saturated carbocycles. The monoisotopic (exact) mass is 397 g/mol. The molecule has 0 unspecified atom stereocenters. The molecular formula is C14H20ClNO6S2. The molecule has 0 aliphatic rings. The van der Waals surface area contributed by atoms with Crippen LogP contribution in [-0.4, -0.2) is 30.5 Å². The Morgan fingerprint density at radius 2 is 1.71 bits per heavy atom. The van der Waals surface area contributed by atoms with Crippen LogP contribution in [-0.2, 0) is 24.4 Å². The molecule has 0 N–H and O–H groups in total. The lowest BCUT2D eigenvalue weighted by Gasteiger charge is -2.27. The van der Waals surface area contributed by atoms with Crippen molar-refractivity contribution in [1.82, 2.24) is 4.47 Å². The number of halogens is 1. The average molecular weight is 398 g/mol. The van der Waals surface area contributed by atoms with Crippen LogP contribution in [0.15, 0.2) is 15.7 Å². The Morgan fingerprint density at radius 1 is 1.17 bits per heavy atom. The molecule has 1 aromatic heterocycles. The van der Waals surface area contributed by atoms with Gasteiger partial charge in [-0.15, -0.1) is 11.3 Å². The predicted molar refractivity (Wildman–Crippen MR) is 90.1 cm³/mol. The summed E-state index contributed by atoms with van der Waals surface area (Å²) in [6.07, 6.45) is -1.33. The van der Waals surface area contributed by atoms with Crippen LogP contribution in [0.25, 0.3) is 0 Å². The van der Waals surface area contributed by atoms with E-state index in [1.165, 1.54) is 32.2 Å². The van der Waals surface area contributed by atoms with Crippen LogP contribution in [0.1, 0.15) is 41.5 Å². The van der Waals surface area contributed by atoms with Crippen LogP contribution in [0.4, 0.5) is 4.79 Å². The number of hydroxylamine groups is 1. The second-order valence-electron chi connectivity index (χ2n) is 6.90. The van der Waals surface area contributed by atoms with Crippen molar-refractivity contribution in [2.45, 2.75) is 51.4 Å². The van der Waals surface area contributed by atoms with Crippen LogP contribution >= 0.6 is 22.9 Å². The van der Waals surface area contributed by atoms with Crippen molar-refractivity contribution in [2.24, 2.45) is 5.41 Å². The van der Waals surface area contributed by atoms with E-state index in [-0.39, 0.29) is 13.7 Å². The molecule has 1 rings (SSSR count). The third-order valence-electron chi connectivity index (χ3n) is 2.36. The molecule has 0 spiro atoms. The van der Waals surface area contributed by atoms with Gasteiger partial charge in [-0.2, -0.15) is 8.42 Å². The Hall–Kier alpha value is -1.32. The molecule has 0 saturated heterocycles. The summed E-state index contributed by atoms with van der Waals surface area (Å²) in [6, 6.07) is 1.36. The number of amides is 1. The minimum absolute atomic E-state index is 0.0520. The molecule has 7 nitrogen and oxygen atoms in total. The molecule has 24 heavy (non-hydrogen) atoms. The fourth-order valence-corrected chi connectivity index (χ4v) is 4.03. The van der Waals surface area contributed by atoms with Crippen molar-refractivity contribution < 1.29 is 27.6 Å². The predicted octanol–water partition coefficient (Wildman–Crippen LogP) is 3.83. The molecule has 0 bridgehead atoms. The fourth-order valence-electron chi connectivity index (χ4n) is 1.24. The Morgan fingerprint density at radius 3 is 2.08 bits per heavy atom. The molecule has 1 heterocycles. The maximum Gasteiger partial charge on any atom is 0.459 e. The minimum Gasteiger partial charge on any atom is -0.441 e. The molecule has 0 fully saturated rings. The lowest BCUT2D eigenvalue weighted by Crippen LogP contribution is -2.44. The van der Waals surface area contributed by atoms with Gasteiger partial charge < -0.3 is 9.57 Å². The van der Waals surface area contributed by atoms with Gasteiger partial charge in [-0.25, -0.2) is 9.59 Å². The van der Waals surface area contributed by atoms with E-state index < -0.39 is 33.1 Å². The molecule has 10 heteroatoms. The van der Waals surface area contributed by atoms with Gasteiger partial charge in [0.1, 0.15) is 5.60 Å². The highest BCUT2D eigenvalue weighted by Gasteiger charge is 2.41. The van der Waals surface area contributed by atoms with Crippen molar-refractivity contribution in [1.29, 1.82) is 0 Å². The molecule has 1 amide bonds. The summed E-state index contributed by atoms with van der Waals surface area (Å²) in [4.78, 5) is 29.2. The lowest BCUT2D eigenvalue weighted by molar-refractivity contribution is -0.176. The largest absolute Gasteiger partial charge is 0.459 e. The maximum atomic E-state index is 12.7. The number of rotatable bonds is 2. The number of sulfonamides is 1. The van der Waals surface area contributed by atoms with E-state index in [0.29, 0.717) is 0 Å². The average Bonchev–Trinajstić information content (AvgIpc) is 2.78. The van der Waals surface area contributed by atoms with E-state index in [1.807, 2.05) is 0 Å². The quantitative estimate of drug-likeness (QED) is 0.704. The highest BCUT2D eigenvalue weighted by Crippen LogP contribution is 2.31. The molecule has 1 aromatic rings. The summed E-state index contributed by atoms with van der Waals surface area (Å²) in [5.41, 5.74) is -2.02. The second kappa shape index (κ2) is 6.89. The summed E-state index contributed by atoms with van der Waals surface area (Å²) in [5.74, 6) is -0.912. The number of hydrogen-bond donors (Lipinski definition) is 0. The van der Waals surface area contributed by atoms with Gasteiger partial charge in [-0.1, -0.05) is 11.6 Å². The van der Waals surface area contributed by atoms with Gasteiger partial charge in [0.25, 0.3) is 0 Å². The zero-order valence-corrected chi connectivity index (χ0v) is 16.6. The molecule has 0 atom stereocenters. The Kier molecular flexibility index (Phi) is 5.95. The Balaban J connectivity index is 3.31. The zero-order valence-electron chi connectivity index (χ0n) is 14.2. The number of thiophene rings is 1. The summed E-state index contributed by atoms with van der Waals surface area (Å²) in [7, 11) is -4.51. The SMILES string of the molecule is CC(C)(C)OC(=O)N(OC(=O)C(C)(C)C)S(=O)(=O)c1sccc1Cl. The van der Waals surface area contributed by atoms with Gasteiger partial charge in [-0.05, 0) is 57.5 Å². The summed E-state index contributed by atoms with van der Waals surface area (Å²) >= 11 is 6.64. The first-order valence-electron chi connectivity index (χ1n) is 6.90. The second-order valence-corrected chi connectivity index (χ2v) is 10.2. The smallest absolute Gasteiger partial charge is 0.441 e. The van der Waals surface area contributed by atoms with Gasteiger partial charge >= 0.3 is 22.1 Å². The van der Waals surface area contributed by atoms with E-state index in [1.54, 1.807) is 20.8 Å². The number of nitrogens with zero attached hydrogens (tertiary/aromatic N) is 1. The third-order valence-corrected chi connectivity index (χ3v) is 5.87. The fraction of sp³-hybridized carbons (Fsp3) is 0.571. The van der Waals surface area contributed by atoms with Gasteiger partial charge in [0, 0.05) is 0 Å². The van der Waals surface area contributed by atoms with E-state index in [4.69, 9.17) is 21.2 Å². The minimum atomic E-state index is -4.51. The number of ether oxygens (including phenoxy) is 1. The van der Waals surface area contributed by atoms with Gasteiger partial charge in [-0.3, -0.25) is 0 Å². The van der Waals surface area contributed by atoms with Crippen molar-refractivity contribution in [3.05, 3.63) is 16.5 Å². The first kappa shape index (κ1) is 20.7. The van der Waals surface area contributed by atoms with Crippen molar-refractivity contribution in [2.75, 3.05) is 0 Å². The van der Waals surface area contributed by atoms with Crippen LogP contribution in [0.3, 0.4) is 0 Å². The van der Waals surface area contributed by atoms with Crippen molar-refractivity contribution in [3.8, 4) is 0 Å². The van der Waals surface area contributed by atoms with E-state index in [0.717, 1.165) is 11.3 Å². The summed E-state index contributed by atoms with van der Waals surface area (Å²) < 4.78 is 30.0. The molecule has 0 radical (unpaired) electrons. The summed E-state index contributed by atoms with van der Waals surface area (Å²) in [6.45, 7) is 9.23. The van der Waals surface area contributed by atoms with Crippen LogP contribution in [0.5, 0.6) is 0 Å². The van der Waals surface area contributed by atoms with Crippen LogP contribution in [0.2, 0.25) is 5.02 Å². The number of carbonyl (C=O) groups excluding carboxylic acids is 2. The summed E-state index contributed by atoms with van der Waals surface area (Å²) in [5, 5.41) is 1.36. The van der Waals surface area contributed by atoms with E-state index in [2.05, 4.69) is 0 Å². The maximum absolute atomic E-state index is 12.7.